The number of ether oxygens (including phenoxy) is 1. The molecule has 1 amide bonds. The molecule has 104 valence electrons. The molecule has 0 saturated carbocycles. The summed E-state index contributed by atoms with van der Waals surface area (Å²) in [6.07, 6.45) is 0.104. The Bertz CT molecular complexity index is 437. The van der Waals surface area contributed by atoms with Crippen LogP contribution < -0.4 is 5.32 Å². The normalized spacial score (nSPS) is 31.6. The summed E-state index contributed by atoms with van der Waals surface area (Å²) in [7, 11) is 0. The van der Waals surface area contributed by atoms with Gasteiger partial charge in [0.15, 0.2) is 0 Å². The Hall–Kier alpha value is -0.950. The topological polar surface area (TPSA) is 61.8 Å². The summed E-state index contributed by atoms with van der Waals surface area (Å²) in [4.78, 5) is 15.4. The van der Waals surface area contributed by atoms with E-state index in [1.807, 2.05) is 22.4 Å². The number of thiophene rings is 1. The molecule has 3 heterocycles. The summed E-state index contributed by atoms with van der Waals surface area (Å²) < 4.78 is 5.73. The first-order chi connectivity index (χ1) is 9.24. The lowest BCUT2D eigenvalue weighted by Gasteiger charge is -2.34. The Labute approximate surface area is 116 Å². The van der Waals surface area contributed by atoms with E-state index in [0.29, 0.717) is 32.7 Å². The Morgan fingerprint density at radius 3 is 3.16 bits per heavy atom. The first-order valence-corrected chi connectivity index (χ1v) is 7.47. The van der Waals surface area contributed by atoms with Gasteiger partial charge in [-0.15, -0.1) is 11.3 Å². The number of hydrogen-bond donors (Lipinski definition) is 2. The molecule has 2 aliphatic rings. The van der Waals surface area contributed by atoms with Gasteiger partial charge in [-0.25, -0.2) is 0 Å². The van der Waals surface area contributed by atoms with Crippen molar-refractivity contribution in [3.8, 4) is 0 Å². The SMILES string of the molecule is O=C(C1CC(O)CN1)N1CCOC(c2cccs2)C1. The molecule has 2 N–H and O–H groups in total. The zero-order valence-corrected chi connectivity index (χ0v) is 11.4. The minimum Gasteiger partial charge on any atom is -0.392 e. The summed E-state index contributed by atoms with van der Waals surface area (Å²) >= 11 is 1.66. The zero-order valence-electron chi connectivity index (χ0n) is 10.6. The lowest BCUT2D eigenvalue weighted by molar-refractivity contribution is -0.140. The van der Waals surface area contributed by atoms with Crippen molar-refractivity contribution >= 4 is 17.2 Å². The largest absolute Gasteiger partial charge is 0.392 e. The van der Waals surface area contributed by atoms with E-state index in [1.54, 1.807) is 11.3 Å². The molecule has 19 heavy (non-hydrogen) atoms. The number of carbonyl (C=O) groups is 1. The second-order valence-corrected chi connectivity index (χ2v) is 5.99. The number of aliphatic hydroxyl groups is 1. The third kappa shape index (κ3) is 2.81. The lowest BCUT2D eigenvalue weighted by Crippen LogP contribution is -2.49. The third-order valence-electron chi connectivity index (χ3n) is 3.64. The van der Waals surface area contributed by atoms with Crippen LogP contribution in [0.4, 0.5) is 0 Å². The van der Waals surface area contributed by atoms with Gasteiger partial charge in [0.25, 0.3) is 0 Å². The van der Waals surface area contributed by atoms with E-state index in [0.717, 1.165) is 4.88 Å². The molecule has 0 radical (unpaired) electrons. The number of aliphatic hydroxyl groups excluding tert-OH is 1. The molecule has 1 aromatic rings. The highest BCUT2D eigenvalue weighted by Gasteiger charge is 2.34. The van der Waals surface area contributed by atoms with Crippen LogP contribution in [0.3, 0.4) is 0 Å². The molecule has 2 aliphatic heterocycles. The number of hydrogen-bond acceptors (Lipinski definition) is 5. The van der Waals surface area contributed by atoms with E-state index < -0.39 is 6.10 Å². The molecule has 6 heteroatoms. The molecule has 0 aromatic carbocycles. The van der Waals surface area contributed by atoms with Crippen LogP contribution in [-0.4, -0.2) is 54.3 Å². The van der Waals surface area contributed by atoms with Gasteiger partial charge in [0, 0.05) is 18.0 Å². The molecule has 3 rings (SSSR count). The lowest BCUT2D eigenvalue weighted by atomic mass is 10.1. The fourth-order valence-electron chi connectivity index (χ4n) is 2.62. The van der Waals surface area contributed by atoms with Crippen LogP contribution in [0.5, 0.6) is 0 Å². The number of rotatable bonds is 2. The molecule has 0 bridgehead atoms. The average Bonchev–Trinajstić information content (AvgIpc) is 3.09. The van der Waals surface area contributed by atoms with Crippen molar-refractivity contribution < 1.29 is 14.6 Å². The third-order valence-corrected chi connectivity index (χ3v) is 4.61. The number of β-amino-alcohol motifs (C(OH)–C–C–N with tert-alkyl or cyclic N) is 1. The van der Waals surface area contributed by atoms with Gasteiger partial charge in [0.2, 0.25) is 5.91 Å². The van der Waals surface area contributed by atoms with E-state index in [2.05, 4.69) is 5.32 Å². The molecule has 1 aromatic heterocycles. The van der Waals surface area contributed by atoms with Gasteiger partial charge in [0.05, 0.1) is 25.3 Å². The quantitative estimate of drug-likeness (QED) is 0.823. The van der Waals surface area contributed by atoms with Crippen molar-refractivity contribution in [2.45, 2.75) is 24.7 Å². The number of carbonyl (C=O) groups excluding carboxylic acids is 1. The molecule has 0 spiro atoms. The van der Waals surface area contributed by atoms with Crippen LogP contribution in [0.15, 0.2) is 17.5 Å². The first kappa shape index (κ1) is 13.1. The summed E-state index contributed by atoms with van der Waals surface area (Å²) in [6, 6.07) is 3.80. The predicted octanol–water partition coefficient (Wildman–Crippen LogP) is 0.371. The Morgan fingerprint density at radius 1 is 1.58 bits per heavy atom. The summed E-state index contributed by atoms with van der Waals surface area (Å²) in [5.74, 6) is 0.0846. The highest BCUT2D eigenvalue weighted by atomic mass is 32.1. The maximum Gasteiger partial charge on any atom is 0.239 e. The van der Waals surface area contributed by atoms with Crippen molar-refractivity contribution in [1.82, 2.24) is 10.2 Å². The molecule has 0 aliphatic carbocycles. The fraction of sp³-hybridized carbons (Fsp3) is 0.615. The fourth-order valence-corrected chi connectivity index (χ4v) is 3.39. The van der Waals surface area contributed by atoms with Crippen LogP contribution in [0.1, 0.15) is 17.4 Å². The maximum atomic E-state index is 12.4. The van der Waals surface area contributed by atoms with Gasteiger partial charge in [0.1, 0.15) is 6.10 Å². The van der Waals surface area contributed by atoms with E-state index in [1.165, 1.54) is 0 Å². The Kier molecular flexibility index (Phi) is 3.83. The minimum atomic E-state index is -0.400. The zero-order chi connectivity index (χ0) is 13.2. The van der Waals surface area contributed by atoms with E-state index in [9.17, 15) is 9.90 Å². The molecule has 3 atom stereocenters. The highest BCUT2D eigenvalue weighted by Crippen LogP contribution is 2.26. The van der Waals surface area contributed by atoms with Gasteiger partial charge >= 0.3 is 0 Å². The monoisotopic (exact) mass is 282 g/mol. The van der Waals surface area contributed by atoms with Crippen molar-refractivity contribution in [3.63, 3.8) is 0 Å². The van der Waals surface area contributed by atoms with Crippen LogP contribution in [0.2, 0.25) is 0 Å². The van der Waals surface area contributed by atoms with Gasteiger partial charge < -0.3 is 20.1 Å². The first-order valence-electron chi connectivity index (χ1n) is 6.59. The second kappa shape index (κ2) is 5.58. The van der Waals surface area contributed by atoms with E-state index >= 15 is 0 Å². The number of amides is 1. The van der Waals surface area contributed by atoms with Crippen LogP contribution in [0, 0.1) is 0 Å². The molecule has 5 nitrogen and oxygen atoms in total. The molecular formula is C13H18N2O3S. The van der Waals surface area contributed by atoms with Gasteiger partial charge in [-0.3, -0.25) is 4.79 Å². The van der Waals surface area contributed by atoms with Crippen molar-refractivity contribution in [2.75, 3.05) is 26.2 Å². The van der Waals surface area contributed by atoms with Crippen LogP contribution in [0.25, 0.3) is 0 Å². The number of morpholine rings is 1. The molecule has 3 unspecified atom stereocenters. The standard InChI is InChI=1S/C13H18N2O3S/c16-9-6-10(14-7-9)13(17)15-3-4-18-11(8-15)12-2-1-5-19-12/h1-2,5,9-11,14,16H,3-4,6-8H2. The molecular weight excluding hydrogens is 264 g/mol. The maximum absolute atomic E-state index is 12.4. The van der Waals surface area contributed by atoms with E-state index in [4.69, 9.17) is 4.74 Å². The Balaban J connectivity index is 1.63. The summed E-state index contributed by atoms with van der Waals surface area (Å²) in [6.45, 7) is 2.32. The van der Waals surface area contributed by atoms with Crippen molar-refractivity contribution in [1.29, 1.82) is 0 Å². The van der Waals surface area contributed by atoms with Crippen LogP contribution in [-0.2, 0) is 9.53 Å². The molecule has 2 saturated heterocycles. The highest BCUT2D eigenvalue weighted by molar-refractivity contribution is 7.10. The van der Waals surface area contributed by atoms with Gasteiger partial charge in [-0.1, -0.05) is 6.07 Å². The second-order valence-electron chi connectivity index (χ2n) is 5.01. The predicted molar refractivity (Wildman–Crippen MR) is 72.0 cm³/mol. The van der Waals surface area contributed by atoms with Gasteiger partial charge in [-0.2, -0.15) is 0 Å². The van der Waals surface area contributed by atoms with Crippen LogP contribution >= 0.6 is 11.3 Å². The smallest absolute Gasteiger partial charge is 0.239 e. The van der Waals surface area contributed by atoms with Crippen molar-refractivity contribution in [3.05, 3.63) is 22.4 Å². The minimum absolute atomic E-state index is 0.0102. The van der Waals surface area contributed by atoms with Crippen molar-refractivity contribution in [2.24, 2.45) is 0 Å². The van der Waals surface area contributed by atoms with E-state index in [-0.39, 0.29) is 18.1 Å². The Morgan fingerprint density at radius 2 is 2.47 bits per heavy atom. The molecule has 2 fully saturated rings. The van der Waals surface area contributed by atoms with Gasteiger partial charge in [-0.05, 0) is 17.9 Å². The summed E-state index contributed by atoms with van der Waals surface area (Å²) in [5, 5.41) is 14.6. The number of nitrogens with one attached hydrogen (secondary N) is 1. The summed E-state index contributed by atoms with van der Waals surface area (Å²) in [5.41, 5.74) is 0. The average molecular weight is 282 g/mol. The number of nitrogens with zero attached hydrogens (tertiary/aromatic N) is 1.